The normalized spacial score (nSPS) is 10.9. The van der Waals surface area contributed by atoms with Gasteiger partial charge in [-0.2, -0.15) is 10.1 Å². The molecule has 0 fully saturated rings. The summed E-state index contributed by atoms with van der Waals surface area (Å²) in [5.74, 6) is 0.525. The predicted octanol–water partition coefficient (Wildman–Crippen LogP) is 3.30. The number of rotatable bonds is 3. The summed E-state index contributed by atoms with van der Waals surface area (Å²) in [6, 6.07) is 7.09. The molecule has 0 unspecified atom stereocenters. The van der Waals surface area contributed by atoms with Crippen molar-refractivity contribution in [2.45, 2.75) is 6.54 Å². The van der Waals surface area contributed by atoms with Crippen molar-refractivity contribution in [3.05, 3.63) is 61.8 Å². The average molecular weight is 358 g/mol. The molecule has 0 radical (unpaired) electrons. The Kier molecular flexibility index (Phi) is 4.15. The van der Waals surface area contributed by atoms with E-state index in [1.807, 2.05) is 6.07 Å². The molecule has 0 aliphatic carbocycles. The minimum Gasteiger partial charge on any atom is -0.337 e. The van der Waals surface area contributed by atoms with Crippen molar-refractivity contribution in [1.82, 2.24) is 19.9 Å². The van der Waals surface area contributed by atoms with Gasteiger partial charge in [0.2, 0.25) is 11.7 Å². The Balaban J connectivity index is 1.91. The maximum Gasteiger partial charge on any atom is 0.287 e. The second kappa shape index (κ2) is 6.08. The van der Waals surface area contributed by atoms with E-state index in [1.165, 1.54) is 6.20 Å². The van der Waals surface area contributed by atoms with E-state index in [4.69, 9.17) is 39.3 Å². The molecule has 0 spiro atoms. The van der Waals surface area contributed by atoms with Crippen molar-refractivity contribution in [3.63, 3.8) is 0 Å². The molecule has 6 nitrogen and oxygen atoms in total. The van der Waals surface area contributed by atoms with E-state index in [1.54, 1.807) is 18.2 Å². The van der Waals surface area contributed by atoms with E-state index in [-0.39, 0.29) is 22.5 Å². The SMILES string of the molecule is O=c1c(Cl)c(Cl)cnn1Cc1nc(-c2ccccc2Cl)no1. The maximum atomic E-state index is 11.9. The van der Waals surface area contributed by atoms with Crippen LogP contribution in [0.25, 0.3) is 11.4 Å². The lowest BCUT2D eigenvalue weighted by molar-refractivity contribution is 0.363. The van der Waals surface area contributed by atoms with E-state index in [2.05, 4.69) is 15.2 Å². The Morgan fingerprint density at radius 1 is 1.14 bits per heavy atom. The van der Waals surface area contributed by atoms with Gasteiger partial charge in [0, 0.05) is 5.56 Å². The standard InChI is InChI=1S/C13H7Cl3N4O2/c14-8-4-2-1-3-7(8)12-18-10(22-19-12)6-20-13(21)11(16)9(15)5-17-20/h1-5H,6H2. The van der Waals surface area contributed by atoms with Gasteiger partial charge < -0.3 is 4.52 Å². The third-order valence-electron chi connectivity index (χ3n) is 2.81. The molecule has 0 atom stereocenters. The van der Waals surface area contributed by atoms with Gasteiger partial charge in [-0.05, 0) is 12.1 Å². The van der Waals surface area contributed by atoms with Crippen LogP contribution in [0, 0.1) is 0 Å². The third-order valence-corrected chi connectivity index (χ3v) is 3.89. The summed E-state index contributed by atoms with van der Waals surface area (Å²) in [6.07, 6.45) is 1.27. The van der Waals surface area contributed by atoms with Crippen molar-refractivity contribution in [2.75, 3.05) is 0 Å². The molecular formula is C13H7Cl3N4O2. The number of hydrogen-bond donors (Lipinski definition) is 0. The fourth-order valence-electron chi connectivity index (χ4n) is 1.76. The highest BCUT2D eigenvalue weighted by molar-refractivity contribution is 6.41. The zero-order valence-corrected chi connectivity index (χ0v) is 13.1. The Morgan fingerprint density at radius 2 is 1.91 bits per heavy atom. The molecule has 0 saturated heterocycles. The van der Waals surface area contributed by atoms with Crippen molar-refractivity contribution < 1.29 is 4.52 Å². The highest BCUT2D eigenvalue weighted by Gasteiger charge is 2.14. The number of hydrogen-bond acceptors (Lipinski definition) is 5. The molecule has 2 aromatic heterocycles. The largest absolute Gasteiger partial charge is 0.337 e. The highest BCUT2D eigenvalue weighted by Crippen LogP contribution is 2.24. The van der Waals surface area contributed by atoms with Gasteiger partial charge in [-0.3, -0.25) is 4.79 Å². The smallest absolute Gasteiger partial charge is 0.287 e. The molecule has 9 heteroatoms. The van der Waals surface area contributed by atoms with Gasteiger partial charge in [-0.1, -0.05) is 52.1 Å². The molecular weight excluding hydrogens is 351 g/mol. The molecule has 0 saturated carbocycles. The Labute approximate surface area is 139 Å². The first kappa shape index (κ1) is 15.0. The summed E-state index contributed by atoms with van der Waals surface area (Å²) in [7, 11) is 0. The van der Waals surface area contributed by atoms with Crippen LogP contribution in [-0.4, -0.2) is 19.9 Å². The van der Waals surface area contributed by atoms with Gasteiger partial charge in [0.15, 0.2) is 0 Å². The fraction of sp³-hybridized carbons (Fsp3) is 0.0769. The number of benzene rings is 1. The molecule has 0 N–H and O–H groups in total. The Morgan fingerprint density at radius 3 is 2.68 bits per heavy atom. The van der Waals surface area contributed by atoms with Crippen molar-refractivity contribution in [1.29, 1.82) is 0 Å². The molecule has 0 amide bonds. The maximum absolute atomic E-state index is 11.9. The minimum absolute atomic E-state index is 0.0207. The summed E-state index contributed by atoms with van der Waals surface area (Å²) < 4.78 is 6.19. The highest BCUT2D eigenvalue weighted by atomic mass is 35.5. The lowest BCUT2D eigenvalue weighted by atomic mass is 10.2. The monoisotopic (exact) mass is 356 g/mol. The zero-order valence-electron chi connectivity index (χ0n) is 10.8. The van der Waals surface area contributed by atoms with Gasteiger partial charge in [0.05, 0.1) is 16.2 Å². The summed E-state index contributed by atoms with van der Waals surface area (Å²) in [5.41, 5.74) is 0.0975. The molecule has 3 rings (SSSR count). The number of nitrogens with zero attached hydrogens (tertiary/aromatic N) is 4. The van der Waals surface area contributed by atoms with Crippen LogP contribution in [-0.2, 0) is 6.54 Å². The second-order valence-corrected chi connectivity index (χ2v) is 5.45. The van der Waals surface area contributed by atoms with Crippen LogP contribution in [0.2, 0.25) is 15.1 Å². The molecule has 112 valence electrons. The molecule has 22 heavy (non-hydrogen) atoms. The van der Waals surface area contributed by atoms with Crippen molar-refractivity contribution >= 4 is 34.8 Å². The molecule has 1 aromatic carbocycles. The first-order chi connectivity index (χ1) is 10.6. The Bertz CT molecular complexity index is 891. The average Bonchev–Trinajstić information content (AvgIpc) is 2.97. The van der Waals surface area contributed by atoms with E-state index >= 15 is 0 Å². The summed E-state index contributed by atoms with van der Waals surface area (Å²) in [6.45, 7) is -0.0207. The van der Waals surface area contributed by atoms with Gasteiger partial charge in [-0.15, -0.1) is 0 Å². The molecule has 0 aliphatic rings. The molecule has 3 aromatic rings. The van der Waals surface area contributed by atoms with Crippen LogP contribution in [0.5, 0.6) is 0 Å². The second-order valence-electron chi connectivity index (χ2n) is 4.26. The van der Waals surface area contributed by atoms with Crippen molar-refractivity contribution in [2.24, 2.45) is 0 Å². The van der Waals surface area contributed by atoms with Crippen LogP contribution in [0.4, 0.5) is 0 Å². The first-order valence-electron chi connectivity index (χ1n) is 6.05. The molecule has 0 bridgehead atoms. The summed E-state index contributed by atoms with van der Waals surface area (Å²) in [4.78, 5) is 16.1. The Hall–Kier alpha value is -1.89. The van der Waals surface area contributed by atoms with E-state index in [0.29, 0.717) is 16.4 Å². The van der Waals surface area contributed by atoms with E-state index in [9.17, 15) is 4.79 Å². The third kappa shape index (κ3) is 2.85. The van der Waals surface area contributed by atoms with Gasteiger partial charge >= 0.3 is 0 Å². The van der Waals surface area contributed by atoms with Gasteiger partial charge in [0.25, 0.3) is 5.56 Å². The van der Waals surface area contributed by atoms with Crippen LogP contribution in [0.1, 0.15) is 5.89 Å². The predicted molar refractivity (Wildman–Crippen MR) is 82.4 cm³/mol. The fourth-order valence-corrected chi connectivity index (χ4v) is 2.25. The first-order valence-corrected chi connectivity index (χ1v) is 7.18. The van der Waals surface area contributed by atoms with Crippen LogP contribution < -0.4 is 5.56 Å². The van der Waals surface area contributed by atoms with Gasteiger partial charge in [0.1, 0.15) is 11.6 Å². The lowest BCUT2D eigenvalue weighted by Crippen LogP contribution is -2.23. The molecule has 0 aliphatic heterocycles. The quantitative estimate of drug-likeness (QED) is 0.719. The number of halogens is 3. The van der Waals surface area contributed by atoms with Gasteiger partial charge in [-0.25, -0.2) is 4.68 Å². The van der Waals surface area contributed by atoms with Crippen LogP contribution >= 0.6 is 34.8 Å². The minimum atomic E-state index is -0.535. The molecule has 2 heterocycles. The summed E-state index contributed by atoms with van der Waals surface area (Å²) in [5, 5.41) is 8.19. The van der Waals surface area contributed by atoms with E-state index in [0.717, 1.165) is 4.68 Å². The summed E-state index contributed by atoms with van der Waals surface area (Å²) >= 11 is 17.6. The van der Waals surface area contributed by atoms with Crippen molar-refractivity contribution in [3.8, 4) is 11.4 Å². The number of aromatic nitrogens is 4. The van der Waals surface area contributed by atoms with Crippen LogP contribution in [0.15, 0.2) is 39.8 Å². The van der Waals surface area contributed by atoms with Crippen LogP contribution in [0.3, 0.4) is 0 Å². The topological polar surface area (TPSA) is 73.8 Å². The van der Waals surface area contributed by atoms with E-state index < -0.39 is 5.56 Å². The zero-order chi connectivity index (χ0) is 15.7. The lowest BCUT2D eigenvalue weighted by Gasteiger charge is -2.01.